The maximum atomic E-state index is 12.7. The van der Waals surface area contributed by atoms with Gasteiger partial charge in [-0.15, -0.1) is 0 Å². The van der Waals surface area contributed by atoms with Crippen LogP contribution < -0.4 is 95.4 Å². The summed E-state index contributed by atoms with van der Waals surface area (Å²) in [6, 6.07) is 27.4. The number of nitrogens with zero attached hydrogens (tertiary/aromatic N) is 8. The van der Waals surface area contributed by atoms with Crippen molar-refractivity contribution in [3.8, 4) is 0 Å². The van der Waals surface area contributed by atoms with Gasteiger partial charge < -0.3 is 61.3 Å². The van der Waals surface area contributed by atoms with Crippen LogP contribution in [0.5, 0.6) is 0 Å². The average Bonchev–Trinajstić information content (AvgIpc) is 3.28. The fourth-order valence-electron chi connectivity index (χ4n) is 6.21. The second-order valence-corrected chi connectivity index (χ2v) is 15.6. The van der Waals surface area contributed by atoms with E-state index < -0.39 is 15.0 Å². The van der Waals surface area contributed by atoms with E-state index in [1.54, 1.807) is 46.2 Å². The monoisotopic (exact) mass is 962 g/mol. The summed E-state index contributed by atoms with van der Waals surface area (Å²) < 4.78 is 42.7. The Morgan fingerprint density at radius 3 is 1.35 bits per heavy atom. The molecule has 338 valence electrons. The summed E-state index contributed by atoms with van der Waals surface area (Å²) >= 11 is 0.608. The van der Waals surface area contributed by atoms with Gasteiger partial charge in [-0.05, 0) is 72.5 Å². The van der Waals surface area contributed by atoms with Gasteiger partial charge in [0.05, 0.1) is 43.4 Å². The number of hydrogen-bond acceptors (Lipinski definition) is 23. The van der Waals surface area contributed by atoms with E-state index in [2.05, 4.69) is 60.5 Å². The van der Waals surface area contributed by atoms with Crippen molar-refractivity contribution in [2.24, 2.45) is 0 Å². The molecule has 0 bridgehead atoms. The Kier molecular flexibility index (Phi) is 22.6. The molecule has 2 heterocycles. The smallest absolute Gasteiger partial charge is 0.744 e. The first kappa shape index (κ1) is 54.3. The summed E-state index contributed by atoms with van der Waals surface area (Å²) in [5.74, 6) is 0.637. The van der Waals surface area contributed by atoms with Crippen molar-refractivity contribution in [3.05, 3.63) is 108 Å². The van der Waals surface area contributed by atoms with Gasteiger partial charge in [0.25, 0.3) is 0 Å². The molecule has 0 saturated carbocycles. The van der Waals surface area contributed by atoms with E-state index in [1.165, 1.54) is 12.1 Å². The van der Waals surface area contributed by atoms with Crippen LogP contribution in [0.4, 0.5) is 58.4 Å². The summed E-state index contributed by atoms with van der Waals surface area (Å²) in [6.07, 6.45) is 0.236. The van der Waals surface area contributed by atoms with Crippen molar-refractivity contribution in [2.45, 2.75) is 22.6 Å². The topological polar surface area (TPSA) is 312 Å². The average molecular weight is 963 g/mol. The van der Waals surface area contributed by atoms with Gasteiger partial charge in [0.2, 0.25) is 35.7 Å². The van der Waals surface area contributed by atoms with Crippen molar-refractivity contribution >= 4 is 80.6 Å². The number of aliphatic hydroxyl groups is 4. The second-order valence-electron chi connectivity index (χ2n) is 13.5. The van der Waals surface area contributed by atoms with Crippen LogP contribution in [0.2, 0.25) is 0 Å². The molecule has 0 spiro atoms. The zero-order valence-electron chi connectivity index (χ0n) is 35.9. The predicted octanol–water partition coefficient (Wildman–Crippen LogP) is -3.46. The summed E-state index contributed by atoms with van der Waals surface area (Å²) in [5.41, 5.74) is 2.76. The Labute approximate surface area is 428 Å². The molecule has 6 aromatic rings. The third kappa shape index (κ3) is 16.2. The molecule has 0 unspecified atom stereocenters. The van der Waals surface area contributed by atoms with Gasteiger partial charge in [-0.3, -0.25) is 5.04 Å². The van der Waals surface area contributed by atoms with Crippen molar-refractivity contribution < 1.29 is 107 Å². The third-order valence-corrected chi connectivity index (χ3v) is 10.7. The van der Waals surface area contributed by atoms with E-state index >= 15 is 0 Å². The minimum atomic E-state index is -5.02. The summed E-state index contributed by atoms with van der Waals surface area (Å²) in [7, 11) is -5.02. The third-order valence-electron chi connectivity index (χ3n) is 9.08. The molecule has 0 radical (unpaired) electrons. The molecule has 0 aliphatic carbocycles. The standard InChI is InChI=1S/C40H46N12O10S2.2Na/c53-21-17-51(18-22-54)39-47-35(41-29-7-3-1-4-8-29)45-37(49-39)43-31-15-13-27(33(25-31)63-62-61-57)11-12-28-14-16-32(26-34(28)64(58,59)60)44-38-46-36(42-30-9-5-2-6-10-30)48-40(50-38)52(19-23-55)20-24-56;;/h1-10,13-16,25-26,53-57H,11-12,17-24H2,(H,58,59,60)(H2,41,43,45,47,49)(H2,42,44,46,48,50);;/q;2*+1/p-2. The number of benzene rings is 4. The molecule has 0 fully saturated rings. The molecule has 8 N–H and O–H groups in total. The molecule has 66 heavy (non-hydrogen) atoms. The first-order chi connectivity index (χ1) is 31.1. The van der Waals surface area contributed by atoms with Crippen LogP contribution in [-0.2, 0) is 32.3 Å². The van der Waals surface area contributed by atoms with Gasteiger partial charge in [0.1, 0.15) is 10.1 Å². The fourth-order valence-corrected chi connectivity index (χ4v) is 7.53. The van der Waals surface area contributed by atoms with Crippen LogP contribution in [0.1, 0.15) is 11.1 Å². The Bertz CT molecular complexity index is 2540. The summed E-state index contributed by atoms with van der Waals surface area (Å²) in [6.45, 7) is -0.487. The molecule has 26 heteroatoms. The zero-order chi connectivity index (χ0) is 45.3. The van der Waals surface area contributed by atoms with Gasteiger partial charge in [0, 0.05) is 53.8 Å². The quantitative estimate of drug-likeness (QED) is 0.00909. The van der Waals surface area contributed by atoms with Gasteiger partial charge >= 0.3 is 59.1 Å². The van der Waals surface area contributed by atoms with Crippen LogP contribution in [0.25, 0.3) is 0 Å². The van der Waals surface area contributed by atoms with E-state index in [4.69, 9.17) is 0 Å². The largest absolute Gasteiger partial charge is 1.00 e. The molecule has 0 aliphatic heterocycles. The van der Waals surface area contributed by atoms with Crippen LogP contribution in [-0.4, -0.2) is 116 Å². The number of rotatable bonds is 25. The first-order valence-corrected chi connectivity index (χ1v) is 21.7. The predicted molar refractivity (Wildman–Crippen MR) is 235 cm³/mol. The molecule has 4 aromatic carbocycles. The molecule has 0 amide bonds. The molecular formula is C40H44N12Na2O10S2. The van der Waals surface area contributed by atoms with Gasteiger partial charge in [-0.1, -0.05) is 48.5 Å². The van der Waals surface area contributed by atoms with Crippen LogP contribution in [0.15, 0.2) is 107 Å². The number of para-hydroxylation sites is 2. The molecular weight excluding hydrogens is 919 g/mol. The molecule has 22 nitrogen and oxygen atoms in total. The van der Waals surface area contributed by atoms with Gasteiger partial charge in [-0.25, -0.2) is 8.42 Å². The van der Waals surface area contributed by atoms with Crippen molar-refractivity contribution in [1.29, 1.82) is 0 Å². The fraction of sp³-hybridized carbons (Fsp3) is 0.250. The Morgan fingerprint density at radius 1 is 0.545 bits per heavy atom. The van der Waals surface area contributed by atoms with E-state index in [1.807, 2.05) is 48.5 Å². The van der Waals surface area contributed by atoms with Crippen LogP contribution >= 0.6 is 12.0 Å². The number of aryl methyl sites for hydroxylation is 2. The second kappa shape index (κ2) is 27.5. The van der Waals surface area contributed by atoms with E-state index in [9.17, 15) is 38.7 Å². The minimum Gasteiger partial charge on any atom is -0.744 e. The van der Waals surface area contributed by atoms with Gasteiger partial charge in [-0.2, -0.15) is 34.2 Å². The molecule has 0 aliphatic rings. The summed E-state index contributed by atoms with van der Waals surface area (Å²) in [5, 5.41) is 65.4. The van der Waals surface area contributed by atoms with Crippen molar-refractivity contribution in [1.82, 2.24) is 29.9 Å². The molecule has 0 saturated heterocycles. The summed E-state index contributed by atoms with van der Waals surface area (Å²) in [4.78, 5) is 29.8. The number of aromatic nitrogens is 6. The van der Waals surface area contributed by atoms with Crippen molar-refractivity contribution in [2.75, 3.05) is 83.7 Å². The maximum absolute atomic E-state index is 12.7. The molecule has 2 aromatic heterocycles. The van der Waals surface area contributed by atoms with E-state index in [-0.39, 0.29) is 172 Å². The Morgan fingerprint density at radius 2 is 0.939 bits per heavy atom. The first-order valence-electron chi connectivity index (χ1n) is 19.6. The molecule has 6 rings (SSSR count). The Hall–Kier alpha value is -4.32. The minimum absolute atomic E-state index is 0. The SMILES string of the molecule is O=S(=O)([O-])c1cc(Nc2nc(Nc3ccccc3)nc(N(CCO)CCO)n2)ccc1CCc1ccc(Nc2nc(Nc3ccccc3)nc(N(CCO)CCO)n2)cc1SOO[O-].[Na+].[Na+]. The van der Waals surface area contributed by atoms with Crippen LogP contribution in [0, 0.1) is 0 Å². The van der Waals surface area contributed by atoms with E-state index in [0.29, 0.717) is 39.6 Å². The van der Waals surface area contributed by atoms with E-state index in [0.717, 1.165) is 0 Å². The Balaban J connectivity index is 0.00000476. The van der Waals surface area contributed by atoms with Gasteiger partial charge in [0.15, 0.2) is 0 Å². The normalized spacial score (nSPS) is 10.9. The number of anilines is 10. The zero-order valence-corrected chi connectivity index (χ0v) is 41.6. The number of hydrogen-bond donors (Lipinski definition) is 8. The maximum Gasteiger partial charge on any atom is 1.00 e. The van der Waals surface area contributed by atoms with Crippen LogP contribution in [0.3, 0.4) is 0 Å². The number of nitrogens with one attached hydrogen (secondary N) is 4. The number of aliphatic hydroxyl groups excluding tert-OH is 4. The molecule has 0 atom stereocenters. The van der Waals surface area contributed by atoms with Crippen molar-refractivity contribution in [3.63, 3.8) is 0 Å².